The van der Waals surface area contributed by atoms with E-state index in [4.69, 9.17) is 10.00 Å². The lowest BCUT2D eigenvalue weighted by atomic mass is 10.2. The van der Waals surface area contributed by atoms with E-state index in [0.717, 1.165) is 13.1 Å². The first kappa shape index (κ1) is 14.0. The Bertz CT molecular complexity index is 484. The molecule has 0 saturated carbocycles. The molecule has 2 heterocycles. The van der Waals surface area contributed by atoms with Gasteiger partial charge >= 0.3 is 0 Å². The molecule has 1 aromatic heterocycles. The fourth-order valence-corrected chi connectivity index (χ4v) is 3.18. The molecular formula is C13H18N3O2S+. The maximum absolute atomic E-state index is 12.0. The third-order valence-electron chi connectivity index (χ3n) is 3.07. The number of quaternary nitrogens is 1. The number of anilines is 1. The van der Waals surface area contributed by atoms with Crippen LogP contribution in [-0.4, -0.2) is 37.7 Å². The number of carbonyl (C=O) groups excluding carboxylic acids is 1. The molecule has 2 N–H and O–H groups in total. The molecule has 0 aliphatic carbocycles. The predicted octanol–water partition coefficient (Wildman–Crippen LogP) is 0.250. The van der Waals surface area contributed by atoms with Crippen molar-refractivity contribution in [3.8, 4) is 6.07 Å². The van der Waals surface area contributed by atoms with Crippen LogP contribution in [0.4, 0.5) is 5.00 Å². The quantitative estimate of drug-likeness (QED) is 0.834. The van der Waals surface area contributed by atoms with Gasteiger partial charge in [-0.05, 0) is 25.3 Å². The topological polar surface area (TPSA) is 66.6 Å². The van der Waals surface area contributed by atoms with Crippen molar-refractivity contribution < 1.29 is 14.4 Å². The summed E-state index contributed by atoms with van der Waals surface area (Å²) in [5.74, 6) is -0.0461. The monoisotopic (exact) mass is 280 g/mol. The summed E-state index contributed by atoms with van der Waals surface area (Å²) >= 11 is 1.38. The van der Waals surface area contributed by atoms with Crippen LogP contribution in [0.15, 0.2) is 11.4 Å². The molecular weight excluding hydrogens is 262 g/mol. The Morgan fingerprint density at radius 2 is 2.26 bits per heavy atom. The minimum Gasteiger partial charge on any atom is -0.364 e. The normalized spacial score (nSPS) is 26.7. The van der Waals surface area contributed by atoms with Crippen LogP contribution in [-0.2, 0) is 9.53 Å². The lowest BCUT2D eigenvalue weighted by molar-refractivity contribution is -0.907. The molecule has 6 heteroatoms. The van der Waals surface area contributed by atoms with Crippen molar-refractivity contribution in [1.29, 1.82) is 5.26 Å². The molecule has 0 unspecified atom stereocenters. The number of rotatable bonds is 3. The number of carbonyl (C=O) groups is 1. The molecule has 2 atom stereocenters. The highest BCUT2D eigenvalue weighted by Crippen LogP contribution is 2.21. The highest BCUT2D eigenvalue weighted by molar-refractivity contribution is 7.14. The average molecular weight is 280 g/mol. The SMILES string of the molecule is C[C@@H]1C[NH+](CC(=O)Nc2sccc2C#N)C[C@@H](C)O1. The minimum atomic E-state index is -0.0461. The van der Waals surface area contributed by atoms with Gasteiger partial charge < -0.3 is 15.0 Å². The maximum atomic E-state index is 12.0. The van der Waals surface area contributed by atoms with Gasteiger partial charge in [-0.25, -0.2) is 0 Å². The lowest BCUT2D eigenvalue weighted by Gasteiger charge is -2.31. The molecule has 1 saturated heterocycles. The van der Waals surface area contributed by atoms with Crippen molar-refractivity contribution in [2.24, 2.45) is 0 Å². The Balaban J connectivity index is 1.89. The number of amides is 1. The van der Waals surface area contributed by atoms with Gasteiger partial charge in [-0.15, -0.1) is 11.3 Å². The molecule has 1 amide bonds. The number of nitrogens with one attached hydrogen (secondary N) is 2. The van der Waals surface area contributed by atoms with Gasteiger partial charge in [0.15, 0.2) is 6.54 Å². The molecule has 0 spiro atoms. The van der Waals surface area contributed by atoms with E-state index in [1.165, 1.54) is 16.2 Å². The van der Waals surface area contributed by atoms with Crippen LogP contribution in [0.3, 0.4) is 0 Å². The molecule has 5 nitrogen and oxygen atoms in total. The Labute approximate surface area is 116 Å². The summed E-state index contributed by atoms with van der Waals surface area (Å²) in [5.41, 5.74) is 0.525. The van der Waals surface area contributed by atoms with E-state index in [0.29, 0.717) is 17.1 Å². The number of morpholine rings is 1. The van der Waals surface area contributed by atoms with Crippen molar-refractivity contribution in [3.05, 3.63) is 17.0 Å². The summed E-state index contributed by atoms with van der Waals surface area (Å²) in [6.45, 7) is 6.16. The van der Waals surface area contributed by atoms with Gasteiger partial charge in [0.1, 0.15) is 36.4 Å². The standard InChI is InChI=1S/C13H17N3O2S/c1-9-6-16(7-10(2)18-9)8-12(17)15-13-11(5-14)3-4-19-13/h3-4,9-10H,6-8H2,1-2H3,(H,15,17)/p+1/t9-,10-/m1/s1. The van der Waals surface area contributed by atoms with Crippen molar-refractivity contribution in [3.63, 3.8) is 0 Å². The van der Waals surface area contributed by atoms with Gasteiger partial charge in [0.2, 0.25) is 0 Å². The van der Waals surface area contributed by atoms with Gasteiger partial charge in [-0.3, -0.25) is 4.79 Å². The average Bonchev–Trinajstić information content (AvgIpc) is 2.74. The number of thiophene rings is 1. The summed E-state index contributed by atoms with van der Waals surface area (Å²) in [6.07, 6.45) is 0.367. The first-order valence-electron chi connectivity index (χ1n) is 6.35. The van der Waals surface area contributed by atoms with Crippen molar-refractivity contribution in [2.75, 3.05) is 25.0 Å². The Hall–Kier alpha value is -1.42. The molecule has 0 bridgehead atoms. The summed E-state index contributed by atoms with van der Waals surface area (Å²) in [5, 5.41) is 14.2. The highest BCUT2D eigenvalue weighted by Gasteiger charge is 2.27. The van der Waals surface area contributed by atoms with Crippen LogP contribution in [0.25, 0.3) is 0 Å². The van der Waals surface area contributed by atoms with Gasteiger partial charge in [0.25, 0.3) is 5.91 Å². The molecule has 2 rings (SSSR count). The summed E-state index contributed by atoms with van der Waals surface area (Å²) in [6, 6.07) is 3.78. The Morgan fingerprint density at radius 3 is 2.89 bits per heavy atom. The zero-order valence-electron chi connectivity index (χ0n) is 11.1. The van der Waals surface area contributed by atoms with E-state index >= 15 is 0 Å². The Morgan fingerprint density at radius 1 is 1.58 bits per heavy atom. The van der Waals surface area contributed by atoms with Crippen LogP contribution in [0, 0.1) is 11.3 Å². The van der Waals surface area contributed by atoms with Crippen molar-refractivity contribution in [2.45, 2.75) is 26.1 Å². The number of hydrogen-bond acceptors (Lipinski definition) is 4. The molecule has 0 aromatic carbocycles. The second-order valence-electron chi connectivity index (χ2n) is 4.92. The second-order valence-corrected chi connectivity index (χ2v) is 5.83. The van der Waals surface area contributed by atoms with Gasteiger partial charge in [0.05, 0.1) is 5.56 Å². The zero-order chi connectivity index (χ0) is 13.8. The highest BCUT2D eigenvalue weighted by atomic mass is 32.1. The number of nitriles is 1. The minimum absolute atomic E-state index is 0.0461. The van der Waals surface area contributed by atoms with Gasteiger partial charge in [-0.1, -0.05) is 0 Å². The van der Waals surface area contributed by atoms with E-state index in [1.54, 1.807) is 11.4 Å². The zero-order valence-corrected chi connectivity index (χ0v) is 11.9. The fourth-order valence-electron chi connectivity index (χ4n) is 2.43. The maximum Gasteiger partial charge on any atom is 0.280 e. The van der Waals surface area contributed by atoms with Crippen molar-refractivity contribution >= 4 is 22.2 Å². The largest absolute Gasteiger partial charge is 0.364 e. The molecule has 102 valence electrons. The van der Waals surface area contributed by atoms with E-state index in [9.17, 15) is 4.79 Å². The van der Waals surface area contributed by atoms with Crippen LogP contribution in [0.2, 0.25) is 0 Å². The van der Waals surface area contributed by atoms with Gasteiger partial charge in [0, 0.05) is 0 Å². The van der Waals surface area contributed by atoms with Crippen LogP contribution in [0.5, 0.6) is 0 Å². The smallest absolute Gasteiger partial charge is 0.280 e. The molecule has 0 radical (unpaired) electrons. The number of ether oxygens (including phenoxy) is 1. The number of hydrogen-bond donors (Lipinski definition) is 2. The molecule has 1 fully saturated rings. The second kappa shape index (κ2) is 6.15. The third-order valence-corrected chi connectivity index (χ3v) is 3.90. The van der Waals surface area contributed by atoms with E-state index in [1.807, 2.05) is 13.8 Å². The van der Waals surface area contributed by atoms with Gasteiger partial charge in [-0.2, -0.15) is 5.26 Å². The number of nitrogens with zero attached hydrogens (tertiary/aromatic N) is 1. The molecule has 1 aliphatic rings. The summed E-state index contributed by atoms with van der Waals surface area (Å²) in [7, 11) is 0. The summed E-state index contributed by atoms with van der Waals surface area (Å²) < 4.78 is 5.65. The van der Waals surface area contributed by atoms with E-state index < -0.39 is 0 Å². The van der Waals surface area contributed by atoms with Crippen molar-refractivity contribution in [1.82, 2.24) is 0 Å². The fraction of sp³-hybridized carbons (Fsp3) is 0.538. The third kappa shape index (κ3) is 3.77. The van der Waals surface area contributed by atoms with E-state index in [-0.39, 0.29) is 18.1 Å². The first-order valence-corrected chi connectivity index (χ1v) is 7.23. The Kier molecular flexibility index (Phi) is 4.53. The van der Waals surface area contributed by atoms with Crippen LogP contribution < -0.4 is 10.2 Å². The lowest BCUT2D eigenvalue weighted by Crippen LogP contribution is -3.16. The molecule has 19 heavy (non-hydrogen) atoms. The summed E-state index contributed by atoms with van der Waals surface area (Å²) in [4.78, 5) is 13.2. The van der Waals surface area contributed by atoms with Crippen LogP contribution in [0.1, 0.15) is 19.4 Å². The predicted molar refractivity (Wildman–Crippen MR) is 73.2 cm³/mol. The first-order chi connectivity index (χ1) is 9.08. The van der Waals surface area contributed by atoms with E-state index in [2.05, 4.69) is 11.4 Å². The molecule has 1 aromatic rings. The van der Waals surface area contributed by atoms with Crippen LogP contribution >= 0.6 is 11.3 Å². The molecule has 1 aliphatic heterocycles.